The molecule has 2 N–H and O–H groups in total. The van der Waals surface area contributed by atoms with Gasteiger partial charge in [-0.05, 0) is 6.42 Å². The van der Waals surface area contributed by atoms with Crippen molar-refractivity contribution < 1.29 is 9.90 Å². The van der Waals surface area contributed by atoms with Gasteiger partial charge in [-0.3, -0.25) is 4.79 Å². The van der Waals surface area contributed by atoms with Crippen LogP contribution in [0.5, 0.6) is 0 Å². The Hall–Kier alpha value is -0.220. The summed E-state index contributed by atoms with van der Waals surface area (Å²) >= 11 is 1.61. The predicted molar refractivity (Wildman–Crippen MR) is 61.5 cm³/mol. The summed E-state index contributed by atoms with van der Waals surface area (Å²) in [5.74, 6) is 0.464. The number of rotatable bonds is 5. The molecule has 0 spiro atoms. The second kappa shape index (κ2) is 6.30. The van der Waals surface area contributed by atoms with Gasteiger partial charge in [-0.25, -0.2) is 0 Å². The Morgan fingerprint density at radius 2 is 2.07 bits per heavy atom. The van der Waals surface area contributed by atoms with E-state index in [1.54, 1.807) is 11.8 Å². The van der Waals surface area contributed by atoms with Crippen LogP contribution in [-0.2, 0) is 4.79 Å². The number of hydrogen-bond donors (Lipinski definition) is 2. The highest BCUT2D eigenvalue weighted by molar-refractivity contribution is 8.01. The van der Waals surface area contributed by atoms with Gasteiger partial charge in [0.2, 0.25) is 5.91 Å². The van der Waals surface area contributed by atoms with Crippen LogP contribution < -0.4 is 5.32 Å². The lowest BCUT2D eigenvalue weighted by molar-refractivity contribution is -0.119. The van der Waals surface area contributed by atoms with Crippen molar-refractivity contribution in [3.05, 3.63) is 0 Å². The maximum absolute atomic E-state index is 11.4. The lowest BCUT2D eigenvalue weighted by Gasteiger charge is -2.19. The molecular formula is C10H21NO2S. The largest absolute Gasteiger partial charge is 0.394 e. The molecule has 0 aliphatic carbocycles. The maximum Gasteiger partial charge on any atom is 0.230 e. The molecule has 0 bridgehead atoms. The number of hydrogen-bond acceptors (Lipinski definition) is 3. The van der Waals surface area contributed by atoms with E-state index in [0.29, 0.717) is 5.75 Å². The molecule has 4 heteroatoms. The predicted octanol–water partition coefficient (Wildman–Crippen LogP) is 1.41. The van der Waals surface area contributed by atoms with Crippen molar-refractivity contribution in [3.8, 4) is 0 Å². The minimum atomic E-state index is -0.0944. The Balaban J connectivity index is 3.75. The molecule has 0 aromatic heterocycles. The summed E-state index contributed by atoms with van der Waals surface area (Å²) in [6.45, 7) is 8.19. The zero-order valence-electron chi connectivity index (χ0n) is 9.46. The van der Waals surface area contributed by atoms with E-state index in [1.807, 2.05) is 6.92 Å². The fourth-order valence-corrected chi connectivity index (χ4v) is 1.48. The lowest BCUT2D eigenvalue weighted by Crippen LogP contribution is -2.38. The molecule has 14 heavy (non-hydrogen) atoms. The summed E-state index contributed by atoms with van der Waals surface area (Å²) in [6.07, 6.45) is 0.766. The van der Waals surface area contributed by atoms with E-state index in [1.165, 1.54) is 0 Å². The van der Waals surface area contributed by atoms with Crippen molar-refractivity contribution in [3.63, 3.8) is 0 Å². The molecule has 0 fully saturated rings. The number of nitrogens with one attached hydrogen (secondary N) is 1. The number of aliphatic hydroxyl groups is 1. The van der Waals surface area contributed by atoms with E-state index in [9.17, 15) is 4.79 Å². The van der Waals surface area contributed by atoms with Crippen LogP contribution in [0.15, 0.2) is 0 Å². The number of thioether (sulfide) groups is 1. The smallest absolute Gasteiger partial charge is 0.230 e. The standard InChI is InChI=1S/C10H21NO2S/c1-5-8(6-12)11-9(13)7-14-10(2,3)4/h8,12H,5-7H2,1-4H3,(H,11,13). The first kappa shape index (κ1) is 13.8. The third-order valence-electron chi connectivity index (χ3n) is 1.71. The van der Waals surface area contributed by atoms with Crippen molar-refractivity contribution in [2.75, 3.05) is 12.4 Å². The molecule has 0 aromatic rings. The van der Waals surface area contributed by atoms with Crippen LogP contribution in [0.4, 0.5) is 0 Å². The van der Waals surface area contributed by atoms with Gasteiger partial charge in [0.05, 0.1) is 18.4 Å². The molecular weight excluding hydrogens is 198 g/mol. The van der Waals surface area contributed by atoms with Crippen LogP contribution in [0.1, 0.15) is 34.1 Å². The number of aliphatic hydroxyl groups excluding tert-OH is 1. The molecule has 0 heterocycles. The molecule has 1 unspecified atom stereocenters. The van der Waals surface area contributed by atoms with E-state index < -0.39 is 0 Å². The van der Waals surface area contributed by atoms with Crippen LogP contribution in [0.25, 0.3) is 0 Å². The first-order valence-corrected chi connectivity index (χ1v) is 5.91. The molecule has 0 saturated carbocycles. The van der Waals surface area contributed by atoms with Gasteiger partial charge in [0.15, 0.2) is 0 Å². The van der Waals surface area contributed by atoms with Gasteiger partial charge in [0, 0.05) is 4.75 Å². The monoisotopic (exact) mass is 219 g/mol. The van der Waals surface area contributed by atoms with Crippen molar-refractivity contribution in [1.29, 1.82) is 0 Å². The Kier molecular flexibility index (Phi) is 6.20. The van der Waals surface area contributed by atoms with Crippen LogP contribution >= 0.6 is 11.8 Å². The average Bonchev–Trinajstić information content (AvgIpc) is 2.09. The van der Waals surface area contributed by atoms with E-state index in [2.05, 4.69) is 26.1 Å². The normalized spacial score (nSPS) is 13.8. The topological polar surface area (TPSA) is 49.3 Å². The summed E-state index contributed by atoms with van der Waals surface area (Å²) in [7, 11) is 0. The SMILES string of the molecule is CCC(CO)NC(=O)CSC(C)(C)C. The Bertz CT molecular complexity index is 173. The minimum Gasteiger partial charge on any atom is -0.394 e. The first-order valence-electron chi connectivity index (χ1n) is 4.93. The average molecular weight is 219 g/mol. The van der Waals surface area contributed by atoms with Gasteiger partial charge in [-0.2, -0.15) is 0 Å². The van der Waals surface area contributed by atoms with Crippen LogP contribution in [0, 0.1) is 0 Å². The van der Waals surface area contributed by atoms with Gasteiger partial charge in [0.25, 0.3) is 0 Å². The van der Waals surface area contributed by atoms with Gasteiger partial charge in [-0.1, -0.05) is 27.7 Å². The highest BCUT2D eigenvalue weighted by atomic mass is 32.2. The van der Waals surface area contributed by atoms with Crippen molar-refractivity contribution >= 4 is 17.7 Å². The number of carbonyl (C=O) groups is 1. The fraction of sp³-hybridized carbons (Fsp3) is 0.900. The van der Waals surface area contributed by atoms with Crippen molar-refractivity contribution in [1.82, 2.24) is 5.32 Å². The third-order valence-corrected chi connectivity index (χ3v) is 2.99. The highest BCUT2D eigenvalue weighted by Gasteiger charge is 2.14. The van der Waals surface area contributed by atoms with Gasteiger partial charge < -0.3 is 10.4 Å². The molecule has 0 saturated heterocycles. The molecule has 3 nitrogen and oxygen atoms in total. The number of carbonyl (C=O) groups excluding carboxylic acids is 1. The van der Waals surface area contributed by atoms with Gasteiger partial charge >= 0.3 is 0 Å². The Morgan fingerprint density at radius 1 is 1.50 bits per heavy atom. The van der Waals surface area contributed by atoms with Crippen LogP contribution in [-0.4, -0.2) is 34.2 Å². The summed E-state index contributed by atoms with van der Waals surface area (Å²) in [5, 5.41) is 11.7. The van der Waals surface area contributed by atoms with Crippen molar-refractivity contribution in [2.24, 2.45) is 0 Å². The molecule has 0 radical (unpaired) electrons. The quantitative estimate of drug-likeness (QED) is 0.735. The minimum absolute atomic E-state index is 0.00539. The second-order valence-electron chi connectivity index (χ2n) is 4.26. The van der Waals surface area contributed by atoms with Crippen LogP contribution in [0.3, 0.4) is 0 Å². The molecule has 1 atom stereocenters. The summed E-state index contributed by atoms with van der Waals surface area (Å²) in [5.41, 5.74) is 0. The number of amides is 1. The Morgan fingerprint density at radius 3 is 2.43 bits per heavy atom. The van der Waals surface area contributed by atoms with Crippen molar-refractivity contribution in [2.45, 2.75) is 44.9 Å². The zero-order valence-corrected chi connectivity index (χ0v) is 10.3. The second-order valence-corrected chi connectivity index (χ2v) is 6.06. The lowest BCUT2D eigenvalue weighted by atomic mass is 10.2. The molecule has 0 aromatic carbocycles. The molecule has 0 rings (SSSR count). The first-order chi connectivity index (χ1) is 6.39. The van der Waals surface area contributed by atoms with Gasteiger partial charge in [0.1, 0.15) is 0 Å². The molecule has 0 aliphatic rings. The third kappa shape index (κ3) is 7.21. The Labute approximate surface area is 90.7 Å². The maximum atomic E-state index is 11.4. The van der Waals surface area contributed by atoms with E-state index in [0.717, 1.165) is 6.42 Å². The van der Waals surface area contributed by atoms with E-state index in [-0.39, 0.29) is 23.3 Å². The summed E-state index contributed by atoms with van der Waals surface area (Å²) in [4.78, 5) is 11.4. The zero-order chi connectivity index (χ0) is 11.2. The fourth-order valence-electron chi connectivity index (χ4n) is 0.828. The molecule has 1 amide bonds. The van der Waals surface area contributed by atoms with Crippen LogP contribution in [0.2, 0.25) is 0 Å². The highest BCUT2D eigenvalue weighted by Crippen LogP contribution is 2.22. The molecule has 84 valence electrons. The molecule has 0 aliphatic heterocycles. The van der Waals surface area contributed by atoms with Gasteiger partial charge in [-0.15, -0.1) is 11.8 Å². The van der Waals surface area contributed by atoms with E-state index in [4.69, 9.17) is 5.11 Å². The van der Waals surface area contributed by atoms with E-state index >= 15 is 0 Å². The summed E-state index contributed by atoms with van der Waals surface area (Å²) < 4.78 is 0.109. The summed E-state index contributed by atoms with van der Waals surface area (Å²) in [6, 6.07) is -0.0944.